The van der Waals surface area contributed by atoms with Crippen LogP contribution in [0.4, 0.5) is 0 Å². The van der Waals surface area contributed by atoms with Crippen LogP contribution >= 0.6 is 11.3 Å². The minimum absolute atomic E-state index is 0.436. The predicted molar refractivity (Wildman–Crippen MR) is 111 cm³/mol. The summed E-state index contributed by atoms with van der Waals surface area (Å²) in [6.07, 6.45) is 1.52. The van der Waals surface area contributed by atoms with Crippen LogP contribution in [0.1, 0.15) is 23.0 Å². The number of hydrogen-bond donors (Lipinski definition) is 3. The fourth-order valence-corrected chi connectivity index (χ4v) is 3.88. The van der Waals surface area contributed by atoms with Crippen molar-refractivity contribution in [1.29, 1.82) is 0 Å². The van der Waals surface area contributed by atoms with E-state index >= 15 is 0 Å². The van der Waals surface area contributed by atoms with Crippen LogP contribution in [0.3, 0.4) is 0 Å². The lowest BCUT2D eigenvalue weighted by atomic mass is 10.1. The molecule has 26 heavy (non-hydrogen) atoms. The second kappa shape index (κ2) is 9.36. The summed E-state index contributed by atoms with van der Waals surface area (Å²) in [6.45, 7) is 1.28. The van der Waals surface area contributed by atoms with E-state index in [1.807, 2.05) is 18.2 Å². The molecular formula is C21H25N3OS. The van der Waals surface area contributed by atoms with E-state index in [4.69, 9.17) is 0 Å². The first-order valence-corrected chi connectivity index (χ1v) is 9.73. The van der Waals surface area contributed by atoms with Gasteiger partial charge in [0.25, 0.3) is 0 Å². The minimum Gasteiger partial charge on any atom is -0.386 e. The molecule has 0 spiro atoms. The van der Waals surface area contributed by atoms with E-state index in [1.54, 1.807) is 18.4 Å². The van der Waals surface area contributed by atoms with Gasteiger partial charge in [0, 0.05) is 29.7 Å². The van der Waals surface area contributed by atoms with Gasteiger partial charge in [-0.2, -0.15) is 0 Å². The molecule has 0 fully saturated rings. The van der Waals surface area contributed by atoms with Gasteiger partial charge in [-0.25, -0.2) is 0 Å². The Labute approximate surface area is 158 Å². The van der Waals surface area contributed by atoms with Crippen molar-refractivity contribution in [2.24, 2.45) is 4.99 Å². The second-order valence-electron chi connectivity index (χ2n) is 6.17. The number of thiophene rings is 1. The summed E-state index contributed by atoms with van der Waals surface area (Å²) in [5.74, 6) is 0.721. The summed E-state index contributed by atoms with van der Waals surface area (Å²) >= 11 is 1.63. The van der Waals surface area contributed by atoms with Crippen molar-refractivity contribution in [2.45, 2.75) is 18.9 Å². The fourth-order valence-electron chi connectivity index (χ4n) is 2.83. The van der Waals surface area contributed by atoms with Crippen LogP contribution in [0.5, 0.6) is 0 Å². The van der Waals surface area contributed by atoms with E-state index in [2.05, 4.69) is 58.1 Å². The first kappa shape index (κ1) is 18.4. The SMILES string of the molecule is CN=C(NCCCc1ccccc1)NCC(O)c1cc2ccccc2s1. The molecule has 0 aliphatic heterocycles. The maximum absolute atomic E-state index is 10.5. The van der Waals surface area contributed by atoms with Crippen molar-refractivity contribution in [1.82, 2.24) is 10.6 Å². The number of aliphatic imine (C=N–C) groups is 1. The highest BCUT2D eigenvalue weighted by Crippen LogP contribution is 2.29. The Kier molecular flexibility index (Phi) is 6.63. The molecule has 1 heterocycles. The van der Waals surface area contributed by atoms with Crippen LogP contribution in [-0.4, -0.2) is 31.2 Å². The lowest BCUT2D eigenvalue weighted by Gasteiger charge is -2.14. The zero-order chi connectivity index (χ0) is 18.2. The molecule has 3 rings (SSSR count). The minimum atomic E-state index is -0.546. The summed E-state index contributed by atoms with van der Waals surface area (Å²) in [4.78, 5) is 5.20. The summed E-state index contributed by atoms with van der Waals surface area (Å²) in [7, 11) is 1.75. The molecule has 1 aromatic heterocycles. The number of aliphatic hydroxyl groups is 1. The van der Waals surface area contributed by atoms with Gasteiger partial charge in [-0.1, -0.05) is 48.5 Å². The molecule has 0 aliphatic carbocycles. The Morgan fingerprint density at radius 1 is 1.08 bits per heavy atom. The third-order valence-electron chi connectivity index (χ3n) is 4.24. The Morgan fingerprint density at radius 3 is 2.62 bits per heavy atom. The van der Waals surface area contributed by atoms with Crippen LogP contribution in [0, 0.1) is 0 Å². The zero-order valence-electron chi connectivity index (χ0n) is 15.0. The quantitative estimate of drug-likeness (QED) is 0.339. The van der Waals surface area contributed by atoms with E-state index in [1.165, 1.54) is 15.6 Å². The summed E-state index contributed by atoms with van der Waals surface area (Å²) in [6, 6.07) is 20.7. The van der Waals surface area contributed by atoms with E-state index in [9.17, 15) is 5.11 Å². The van der Waals surface area contributed by atoms with Gasteiger partial charge in [-0.15, -0.1) is 11.3 Å². The molecule has 3 N–H and O–H groups in total. The lowest BCUT2D eigenvalue weighted by molar-refractivity contribution is 0.184. The highest BCUT2D eigenvalue weighted by molar-refractivity contribution is 7.19. The van der Waals surface area contributed by atoms with Gasteiger partial charge >= 0.3 is 0 Å². The van der Waals surface area contributed by atoms with Crippen LogP contribution in [0.15, 0.2) is 65.7 Å². The molecule has 0 bridgehead atoms. The van der Waals surface area contributed by atoms with E-state index < -0.39 is 6.10 Å². The summed E-state index contributed by atoms with van der Waals surface area (Å²) in [5.41, 5.74) is 1.34. The summed E-state index contributed by atoms with van der Waals surface area (Å²) in [5, 5.41) is 18.1. The lowest BCUT2D eigenvalue weighted by Crippen LogP contribution is -2.39. The predicted octanol–water partition coefficient (Wildman–Crippen LogP) is 3.73. The fraction of sp³-hybridized carbons (Fsp3) is 0.286. The van der Waals surface area contributed by atoms with E-state index in [0.29, 0.717) is 6.54 Å². The molecule has 4 nitrogen and oxygen atoms in total. The number of nitrogens with one attached hydrogen (secondary N) is 2. The van der Waals surface area contributed by atoms with Gasteiger partial charge in [0.05, 0.1) is 0 Å². The molecule has 0 amide bonds. The van der Waals surface area contributed by atoms with E-state index in [0.717, 1.165) is 30.2 Å². The van der Waals surface area contributed by atoms with Crippen LogP contribution < -0.4 is 10.6 Å². The maximum Gasteiger partial charge on any atom is 0.191 e. The zero-order valence-corrected chi connectivity index (χ0v) is 15.8. The second-order valence-corrected chi connectivity index (χ2v) is 7.29. The largest absolute Gasteiger partial charge is 0.386 e. The normalized spacial score (nSPS) is 12.9. The molecular weight excluding hydrogens is 342 g/mol. The van der Waals surface area contributed by atoms with Gasteiger partial charge in [0.15, 0.2) is 5.96 Å². The Balaban J connectivity index is 1.43. The molecule has 3 aromatic rings. The molecule has 2 aromatic carbocycles. The first-order chi connectivity index (χ1) is 12.8. The van der Waals surface area contributed by atoms with Gasteiger partial charge in [-0.05, 0) is 35.9 Å². The smallest absolute Gasteiger partial charge is 0.191 e. The number of rotatable bonds is 7. The van der Waals surface area contributed by atoms with E-state index in [-0.39, 0.29) is 0 Å². The molecule has 0 saturated heterocycles. The van der Waals surface area contributed by atoms with Crippen molar-refractivity contribution in [2.75, 3.05) is 20.1 Å². The molecule has 1 unspecified atom stereocenters. The van der Waals surface area contributed by atoms with Crippen molar-refractivity contribution in [3.63, 3.8) is 0 Å². The van der Waals surface area contributed by atoms with Crippen LogP contribution in [-0.2, 0) is 6.42 Å². The highest BCUT2D eigenvalue weighted by atomic mass is 32.1. The molecule has 136 valence electrons. The van der Waals surface area contributed by atoms with Crippen molar-refractivity contribution < 1.29 is 5.11 Å². The first-order valence-electron chi connectivity index (χ1n) is 8.91. The van der Waals surface area contributed by atoms with Gasteiger partial charge in [0.1, 0.15) is 6.10 Å². The average Bonchev–Trinajstić information content (AvgIpc) is 3.12. The molecule has 1 atom stereocenters. The Morgan fingerprint density at radius 2 is 1.85 bits per heavy atom. The molecule has 0 saturated carbocycles. The van der Waals surface area contributed by atoms with Crippen LogP contribution in [0.2, 0.25) is 0 Å². The Hall–Kier alpha value is -2.37. The number of guanidine groups is 1. The van der Waals surface area contributed by atoms with Gasteiger partial charge in [0.2, 0.25) is 0 Å². The molecule has 0 aliphatic rings. The number of fused-ring (bicyclic) bond motifs is 1. The number of aliphatic hydroxyl groups excluding tert-OH is 1. The van der Waals surface area contributed by atoms with Gasteiger partial charge < -0.3 is 15.7 Å². The average molecular weight is 368 g/mol. The third kappa shape index (κ3) is 5.07. The highest BCUT2D eigenvalue weighted by Gasteiger charge is 2.12. The Bertz CT molecular complexity index is 812. The standard InChI is InChI=1S/C21H25N3OS/c1-22-21(23-13-7-10-16-8-3-2-4-9-16)24-15-18(25)20-14-17-11-5-6-12-19(17)26-20/h2-6,8-9,11-12,14,18,25H,7,10,13,15H2,1H3,(H2,22,23,24). The topological polar surface area (TPSA) is 56.7 Å². The maximum atomic E-state index is 10.5. The van der Waals surface area contributed by atoms with Crippen LogP contribution in [0.25, 0.3) is 10.1 Å². The van der Waals surface area contributed by atoms with Gasteiger partial charge in [-0.3, -0.25) is 4.99 Å². The van der Waals surface area contributed by atoms with Crippen molar-refractivity contribution in [3.05, 3.63) is 71.1 Å². The third-order valence-corrected chi connectivity index (χ3v) is 5.45. The number of nitrogens with zero attached hydrogens (tertiary/aromatic N) is 1. The van der Waals surface area contributed by atoms with Crippen molar-refractivity contribution >= 4 is 27.4 Å². The van der Waals surface area contributed by atoms with Crippen molar-refractivity contribution in [3.8, 4) is 0 Å². The number of benzene rings is 2. The molecule has 0 radical (unpaired) electrons. The number of hydrogen-bond acceptors (Lipinski definition) is 3. The summed E-state index contributed by atoms with van der Waals surface area (Å²) < 4.78 is 1.20. The number of aryl methyl sites for hydroxylation is 1. The monoisotopic (exact) mass is 367 g/mol. The molecule has 5 heteroatoms.